The Morgan fingerprint density at radius 3 is 2.40 bits per heavy atom. The van der Waals surface area contributed by atoms with Crippen LogP contribution >= 0.6 is 23.2 Å². The first-order chi connectivity index (χ1) is 9.55. The van der Waals surface area contributed by atoms with Gasteiger partial charge in [-0.25, -0.2) is 0 Å². The van der Waals surface area contributed by atoms with Crippen LogP contribution in [0.1, 0.15) is 23.6 Å². The molecule has 106 valence electrons. The molecule has 0 radical (unpaired) electrons. The van der Waals surface area contributed by atoms with E-state index < -0.39 is 0 Å². The molecule has 0 saturated carbocycles. The van der Waals surface area contributed by atoms with E-state index in [-0.39, 0.29) is 5.54 Å². The van der Waals surface area contributed by atoms with E-state index in [1.807, 2.05) is 31.2 Å². The van der Waals surface area contributed by atoms with Gasteiger partial charge in [-0.05, 0) is 36.6 Å². The number of hydrogen-bond donors (Lipinski definition) is 1. The van der Waals surface area contributed by atoms with Gasteiger partial charge in [-0.15, -0.1) is 11.6 Å². The quantitative estimate of drug-likeness (QED) is 0.775. The molecule has 0 amide bonds. The maximum Gasteiger partial charge on any atom is 0.0545 e. The van der Waals surface area contributed by atoms with Gasteiger partial charge in [0.2, 0.25) is 0 Å². The van der Waals surface area contributed by atoms with Crippen LogP contribution in [0, 0.1) is 6.92 Å². The van der Waals surface area contributed by atoms with E-state index in [0.29, 0.717) is 12.4 Å². The number of benzene rings is 2. The van der Waals surface area contributed by atoms with E-state index in [1.54, 1.807) is 0 Å². The molecule has 2 aromatic rings. The summed E-state index contributed by atoms with van der Waals surface area (Å²) in [5.41, 5.74) is 3.17. The predicted octanol–water partition coefficient (Wildman–Crippen LogP) is 4.89. The molecule has 0 aliphatic heterocycles. The highest BCUT2D eigenvalue weighted by Crippen LogP contribution is 2.24. The van der Waals surface area contributed by atoms with E-state index in [2.05, 4.69) is 36.5 Å². The Morgan fingerprint density at radius 2 is 1.80 bits per heavy atom. The zero-order valence-corrected chi connectivity index (χ0v) is 13.3. The monoisotopic (exact) mass is 307 g/mol. The third-order valence-electron chi connectivity index (χ3n) is 3.56. The van der Waals surface area contributed by atoms with Crippen molar-refractivity contribution < 1.29 is 0 Å². The summed E-state index contributed by atoms with van der Waals surface area (Å²) in [6, 6.07) is 16.4. The SMILES string of the molecule is Cc1ccc(CNC(C)(CCl)c2ccccc2)c(Cl)c1. The molecule has 0 spiro atoms. The maximum absolute atomic E-state index is 6.27. The molecule has 2 rings (SSSR count). The first kappa shape index (κ1) is 15.4. The van der Waals surface area contributed by atoms with Crippen molar-refractivity contribution in [3.8, 4) is 0 Å². The van der Waals surface area contributed by atoms with Crippen LogP contribution in [0.25, 0.3) is 0 Å². The molecule has 2 aromatic carbocycles. The highest BCUT2D eigenvalue weighted by atomic mass is 35.5. The van der Waals surface area contributed by atoms with Crippen LogP contribution < -0.4 is 5.32 Å². The molecule has 0 aromatic heterocycles. The Morgan fingerprint density at radius 1 is 1.10 bits per heavy atom. The summed E-state index contributed by atoms with van der Waals surface area (Å²) in [7, 11) is 0. The topological polar surface area (TPSA) is 12.0 Å². The standard InChI is InChI=1S/C17H19Cl2N/c1-13-8-9-14(16(19)10-13)11-20-17(2,12-18)15-6-4-3-5-7-15/h3-10,20H,11-12H2,1-2H3. The van der Waals surface area contributed by atoms with Crippen LogP contribution in [0.15, 0.2) is 48.5 Å². The lowest BCUT2D eigenvalue weighted by atomic mass is 9.93. The lowest BCUT2D eigenvalue weighted by molar-refractivity contribution is 0.407. The molecule has 1 unspecified atom stereocenters. The van der Waals surface area contributed by atoms with Gasteiger partial charge < -0.3 is 5.32 Å². The van der Waals surface area contributed by atoms with Crippen molar-refractivity contribution >= 4 is 23.2 Å². The van der Waals surface area contributed by atoms with Crippen molar-refractivity contribution in [3.05, 3.63) is 70.2 Å². The summed E-state index contributed by atoms with van der Waals surface area (Å²) >= 11 is 12.5. The van der Waals surface area contributed by atoms with E-state index in [4.69, 9.17) is 23.2 Å². The van der Waals surface area contributed by atoms with Crippen molar-refractivity contribution in [2.24, 2.45) is 0 Å². The molecule has 0 aliphatic carbocycles. The van der Waals surface area contributed by atoms with Gasteiger partial charge in [-0.3, -0.25) is 0 Å². The number of rotatable bonds is 5. The molecular weight excluding hydrogens is 289 g/mol. The third-order valence-corrected chi connectivity index (χ3v) is 4.44. The lowest BCUT2D eigenvalue weighted by Gasteiger charge is -2.29. The molecule has 20 heavy (non-hydrogen) atoms. The molecule has 1 atom stereocenters. The lowest BCUT2D eigenvalue weighted by Crippen LogP contribution is -2.40. The fraction of sp³-hybridized carbons (Fsp3) is 0.294. The van der Waals surface area contributed by atoms with E-state index in [9.17, 15) is 0 Å². The van der Waals surface area contributed by atoms with Gasteiger partial charge in [0.05, 0.1) is 5.54 Å². The van der Waals surface area contributed by atoms with Crippen molar-refractivity contribution in [2.45, 2.75) is 25.9 Å². The largest absolute Gasteiger partial charge is 0.302 e. The van der Waals surface area contributed by atoms with Gasteiger partial charge >= 0.3 is 0 Å². The fourth-order valence-corrected chi connectivity index (χ4v) is 2.67. The Bertz CT molecular complexity index is 568. The number of hydrogen-bond acceptors (Lipinski definition) is 1. The summed E-state index contributed by atoms with van der Waals surface area (Å²) in [4.78, 5) is 0. The van der Waals surface area contributed by atoms with Gasteiger partial charge in [0.25, 0.3) is 0 Å². The molecule has 1 nitrogen and oxygen atoms in total. The Labute approximate surface area is 130 Å². The first-order valence-corrected chi connectivity index (χ1v) is 7.58. The maximum atomic E-state index is 6.27. The fourth-order valence-electron chi connectivity index (χ4n) is 2.12. The highest BCUT2D eigenvalue weighted by Gasteiger charge is 2.24. The third kappa shape index (κ3) is 3.54. The molecule has 1 N–H and O–H groups in total. The second-order valence-corrected chi connectivity index (χ2v) is 5.95. The van der Waals surface area contributed by atoms with Gasteiger partial charge in [0.15, 0.2) is 0 Å². The van der Waals surface area contributed by atoms with Crippen LogP contribution in [0.5, 0.6) is 0 Å². The van der Waals surface area contributed by atoms with Crippen molar-refractivity contribution in [3.63, 3.8) is 0 Å². The van der Waals surface area contributed by atoms with Gasteiger partial charge in [-0.2, -0.15) is 0 Å². The number of halogens is 2. The van der Waals surface area contributed by atoms with E-state index >= 15 is 0 Å². The van der Waals surface area contributed by atoms with E-state index in [0.717, 1.165) is 10.6 Å². The van der Waals surface area contributed by atoms with Crippen LogP contribution in [-0.2, 0) is 12.1 Å². The highest BCUT2D eigenvalue weighted by molar-refractivity contribution is 6.31. The normalized spacial score (nSPS) is 14.0. The number of aryl methyl sites for hydroxylation is 1. The summed E-state index contributed by atoms with van der Waals surface area (Å²) < 4.78 is 0. The summed E-state index contributed by atoms with van der Waals surface area (Å²) in [6.07, 6.45) is 0. The zero-order valence-electron chi connectivity index (χ0n) is 11.8. The van der Waals surface area contributed by atoms with Crippen molar-refractivity contribution in [2.75, 3.05) is 5.88 Å². The molecule has 0 heterocycles. The Balaban J connectivity index is 2.15. The van der Waals surface area contributed by atoms with Gasteiger partial charge in [0.1, 0.15) is 0 Å². The van der Waals surface area contributed by atoms with Crippen molar-refractivity contribution in [1.82, 2.24) is 5.32 Å². The minimum Gasteiger partial charge on any atom is -0.302 e. The van der Waals surface area contributed by atoms with Crippen molar-refractivity contribution in [1.29, 1.82) is 0 Å². The van der Waals surface area contributed by atoms with E-state index in [1.165, 1.54) is 11.1 Å². The van der Waals surface area contributed by atoms with Crippen LogP contribution in [0.2, 0.25) is 5.02 Å². The summed E-state index contributed by atoms with van der Waals surface area (Å²) in [6.45, 7) is 4.84. The molecule has 0 aliphatic rings. The number of nitrogens with one attached hydrogen (secondary N) is 1. The minimum absolute atomic E-state index is 0.267. The van der Waals surface area contributed by atoms with Gasteiger partial charge in [0, 0.05) is 17.4 Å². The number of alkyl halides is 1. The average Bonchev–Trinajstić information content (AvgIpc) is 2.47. The predicted molar refractivity (Wildman–Crippen MR) is 87.5 cm³/mol. The Kier molecular flexibility index (Phi) is 5.09. The van der Waals surface area contributed by atoms with Crippen LogP contribution in [-0.4, -0.2) is 5.88 Å². The second-order valence-electron chi connectivity index (χ2n) is 5.28. The summed E-state index contributed by atoms with van der Waals surface area (Å²) in [5.74, 6) is 0.500. The molecule has 0 fully saturated rings. The van der Waals surface area contributed by atoms with Gasteiger partial charge in [-0.1, -0.05) is 54.1 Å². The second kappa shape index (κ2) is 6.62. The first-order valence-electron chi connectivity index (χ1n) is 6.67. The molecule has 0 bridgehead atoms. The smallest absolute Gasteiger partial charge is 0.0545 e. The molecule has 3 heteroatoms. The average molecular weight is 308 g/mol. The Hall–Kier alpha value is -1.02. The zero-order chi connectivity index (χ0) is 14.6. The van der Waals surface area contributed by atoms with Crippen LogP contribution in [0.3, 0.4) is 0 Å². The van der Waals surface area contributed by atoms with Crippen LogP contribution in [0.4, 0.5) is 0 Å². The molecule has 0 saturated heterocycles. The molecular formula is C17H19Cl2N. The minimum atomic E-state index is -0.267. The summed E-state index contributed by atoms with van der Waals surface area (Å²) in [5, 5.41) is 4.32.